The Labute approximate surface area is 114 Å². The first kappa shape index (κ1) is 13.4. The fraction of sp³-hybridized carbons (Fsp3) is 0.312. The van der Waals surface area contributed by atoms with Crippen LogP contribution in [0.1, 0.15) is 30.1 Å². The van der Waals surface area contributed by atoms with Gasteiger partial charge in [-0.25, -0.2) is 4.79 Å². The van der Waals surface area contributed by atoms with E-state index in [1.165, 1.54) is 5.57 Å². The lowest BCUT2D eigenvalue weighted by Gasteiger charge is -2.14. The summed E-state index contributed by atoms with van der Waals surface area (Å²) in [5, 5.41) is 0. The minimum atomic E-state index is -0.287. The molecule has 2 rings (SSSR count). The standard InChI is InChI=1S/C16H19NO2/c1-12-4-10-15(11-5-12)19-16(18)13-6-8-14(9-7-13)17(2)3/h4,6-10H,5,11H2,1-3H3. The Bertz CT molecular complexity index is 524. The number of anilines is 1. The van der Waals surface area contributed by atoms with E-state index in [0.29, 0.717) is 5.56 Å². The van der Waals surface area contributed by atoms with Crippen molar-refractivity contribution in [2.24, 2.45) is 0 Å². The fourth-order valence-electron chi connectivity index (χ4n) is 1.88. The van der Waals surface area contributed by atoms with Gasteiger partial charge in [0.2, 0.25) is 0 Å². The van der Waals surface area contributed by atoms with E-state index in [9.17, 15) is 4.79 Å². The normalized spacial score (nSPS) is 14.5. The molecular weight excluding hydrogens is 238 g/mol. The monoisotopic (exact) mass is 257 g/mol. The number of carbonyl (C=O) groups excluding carboxylic acids is 1. The maximum atomic E-state index is 12.0. The van der Waals surface area contributed by atoms with Gasteiger partial charge >= 0.3 is 5.97 Å². The van der Waals surface area contributed by atoms with Crippen LogP contribution < -0.4 is 4.90 Å². The smallest absolute Gasteiger partial charge is 0.343 e. The van der Waals surface area contributed by atoms with Crippen molar-refractivity contribution in [3.05, 3.63) is 53.3 Å². The average Bonchev–Trinajstić information content (AvgIpc) is 2.41. The molecule has 0 aliphatic heterocycles. The van der Waals surface area contributed by atoms with Crippen LogP contribution in [0.25, 0.3) is 0 Å². The molecule has 1 aromatic rings. The molecule has 1 aliphatic carbocycles. The topological polar surface area (TPSA) is 29.5 Å². The summed E-state index contributed by atoms with van der Waals surface area (Å²) in [5.74, 6) is 0.455. The zero-order chi connectivity index (χ0) is 13.8. The van der Waals surface area contributed by atoms with Gasteiger partial charge in [0.05, 0.1) is 5.56 Å². The van der Waals surface area contributed by atoms with Crippen LogP contribution in [0.3, 0.4) is 0 Å². The zero-order valence-corrected chi connectivity index (χ0v) is 11.6. The van der Waals surface area contributed by atoms with E-state index < -0.39 is 0 Å². The minimum absolute atomic E-state index is 0.287. The third-order valence-corrected chi connectivity index (χ3v) is 3.16. The second-order valence-electron chi connectivity index (χ2n) is 4.98. The van der Waals surface area contributed by atoms with Crippen LogP contribution in [0.4, 0.5) is 5.69 Å². The molecule has 0 N–H and O–H groups in total. The Hall–Kier alpha value is -2.03. The number of allylic oxidation sites excluding steroid dienone is 4. The molecule has 1 aliphatic rings. The summed E-state index contributed by atoms with van der Waals surface area (Å²) in [5.41, 5.74) is 2.96. The van der Waals surface area contributed by atoms with Gasteiger partial charge in [0.1, 0.15) is 5.76 Å². The van der Waals surface area contributed by atoms with Crippen LogP contribution in [-0.2, 0) is 4.74 Å². The molecule has 19 heavy (non-hydrogen) atoms. The number of nitrogens with zero attached hydrogens (tertiary/aromatic N) is 1. The van der Waals surface area contributed by atoms with Crippen LogP contribution in [0.2, 0.25) is 0 Å². The molecule has 0 amide bonds. The van der Waals surface area contributed by atoms with Crippen LogP contribution in [0.15, 0.2) is 47.7 Å². The lowest BCUT2D eigenvalue weighted by molar-refractivity contribution is 0.0613. The summed E-state index contributed by atoms with van der Waals surface area (Å²) in [7, 11) is 3.93. The third kappa shape index (κ3) is 3.47. The summed E-state index contributed by atoms with van der Waals surface area (Å²) in [6.45, 7) is 2.08. The van der Waals surface area contributed by atoms with Crippen molar-refractivity contribution >= 4 is 11.7 Å². The van der Waals surface area contributed by atoms with E-state index in [2.05, 4.69) is 6.92 Å². The van der Waals surface area contributed by atoms with Crippen LogP contribution in [0.5, 0.6) is 0 Å². The van der Waals surface area contributed by atoms with Gasteiger partial charge in [-0.05, 0) is 43.7 Å². The molecule has 0 saturated carbocycles. The fourth-order valence-corrected chi connectivity index (χ4v) is 1.88. The van der Waals surface area contributed by atoms with Crippen molar-refractivity contribution in [3.8, 4) is 0 Å². The molecule has 0 unspecified atom stereocenters. The second kappa shape index (κ2) is 5.74. The van der Waals surface area contributed by atoms with E-state index in [1.807, 2.05) is 43.3 Å². The van der Waals surface area contributed by atoms with Crippen molar-refractivity contribution < 1.29 is 9.53 Å². The van der Waals surface area contributed by atoms with Crippen molar-refractivity contribution in [2.45, 2.75) is 19.8 Å². The number of rotatable bonds is 3. The quantitative estimate of drug-likeness (QED) is 0.776. The third-order valence-electron chi connectivity index (χ3n) is 3.16. The molecule has 0 atom stereocenters. The van der Waals surface area contributed by atoms with E-state index in [4.69, 9.17) is 4.74 Å². The van der Waals surface area contributed by atoms with Gasteiger partial charge in [-0.2, -0.15) is 0 Å². The number of hydrogen-bond acceptors (Lipinski definition) is 3. The number of benzene rings is 1. The summed E-state index contributed by atoms with van der Waals surface area (Å²) < 4.78 is 5.39. The van der Waals surface area contributed by atoms with Crippen LogP contribution >= 0.6 is 0 Å². The zero-order valence-electron chi connectivity index (χ0n) is 11.6. The molecular formula is C16H19NO2. The van der Waals surface area contributed by atoms with Crippen LogP contribution in [0, 0.1) is 0 Å². The molecule has 1 aromatic carbocycles. The van der Waals surface area contributed by atoms with Gasteiger partial charge in [-0.3, -0.25) is 0 Å². The first-order valence-corrected chi connectivity index (χ1v) is 6.42. The van der Waals surface area contributed by atoms with Crippen molar-refractivity contribution in [2.75, 3.05) is 19.0 Å². The Morgan fingerprint density at radius 3 is 2.32 bits per heavy atom. The molecule has 0 spiro atoms. The first-order valence-electron chi connectivity index (χ1n) is 6.42. The highest BCUT2D eigenvalue weighted by molar-refractivity contribution is 5.90. The Balaban J connectivity index is 2.04. The van der Waals surface area contributed by atoms with Crippen molar-refractivity contribution in [1.29, 1.82) is 0 Å². The van der Waals surface area contributed by atoms with Crippen molar-refractivity contribution in [1.82, 2.24) is 0 Å². The number of ether oxygens (including phenoxy) is 1. The number of esters is 1. The average molecular weight is 257 g/mol. The Kier molecular flexibility index (Phi) is 4.05. The van der Waals surface area contributed by atoms with Crippen LogP contribution in [-0.4, -0.2) is 20.1 Å². The van der Waals surface area contributed by atoms with E-state index in [1.54, 1.807) is 12.1 Å². The van der Waals surface area contributed by atoms with Gasteiger partial charge in [0.15, 0.2) is 0 Å². The lowest BCUT2D eigenvalue weighted by Crippen LogP contribution is -2.10. The van der Waals surface area contributed by atoms with E-state index in [0.717, 1.165) is 24.3 Å². The largest absolute Gasteiger partial charge is 0.427 e. The summed E-state index contributed by atoms with van der Waals surface area (Å²) in [4.78, 5) is 14.0. The molecule has 100 valence electrons. The molecule has 3 heteroatoms. The predicted octanol–water partition coefficient (Wildman–Crippen LogP) is 3.53. The number of hydrogen-bond donors (Lipinski definition) is 0. The Morgan fingerprint density at radius 1 is 1.11 bits per heavy atom. The van der Waals surface area contributed by atoms with Gasteiger partial charge in [-0.1, -0.05) is 11.6 Å². The molecule has 0 radical (unpaired) electrons. The summed E-state index contributed by atoms with van der Waals surface area (Å²) in [6, 6.07) is 7.41. The highest BCUT2D eigenvalue weighted by Gasteiger charge is 2.12. The van der Waals surface area contributed by atoms with Gasteiger partial charge < -0.3 is 9.64 Å². The maximum Gasteiger partial charge on any atom is 0.343 e. The highest BCUT2D eigenvalue weighted by Crippen LogP contribution is 2.20. The van der Waals surface area contributed by atoms with E-state index in [-0.39, 0.29) is 5.97 Å². The molecule has 0 heterocycles. The first-order chi connectivity index (χ1) is 9.06. The highest BCUT2D eigenvalue weighted by atomic mass is 16.5. The van der Waals surface area contributed by atoms with Gasteiger partial charge in [-0.15, -0.1) is 0 Å². The van der Waals surface area contributed by atoms with Crippen molar-refractivity contribution in [3.63, 3.8) is 0 Å². The predicted molar refractivity (Wildman–Crippen MR) is 77.3 cm³/mol. The molecule has 0 bridgehead atoms. The summed E-state index contributed by atoms with van der Waals surface area (Å²) in [6.07, 6.45) is 5.63. The number of carbonyl (C=O) groups is 1. The second-order valence-corrected chi connectivity index (χ2v) is 4.98. The summed E-state index contributed by atoms with van der Waals surface area (Å²) >= 11 is 0. The molecule has 3 nitrogen and oxygen atoms in total. The van der Waals surface area contributed by atoms with Gasteiger partial charge in [0, 0.05) is 26.2 Å². The molecule has 0 aromatic heterocycles. The lowest BCUT2D eigenvalue weighted by atomic mass is 10.1. The van der Waals surface area contributed by atoms with E-state index >= 15 is 0 Å². The maximum absolute atomic E-state index is 12.0. The minimum Gasteiger partial charge on any atom is -0.427 e. The Morgan fingerprint density at radius 2 is 1.79 bits per heavy atom. The van der Waals surface area contributed by atoms with Gasteiger partial charge in [0.25, 0.3) is 0 Å². The molecule has 0 saturated heterocycles. The SMILES string of the molecule is CC1=CC=C(OC(=O)c2ccc(N(C)C)cc2)CC1. The molecule has 0 fully saturated rings.